The Kier molecular flexibility index (Phi) is 26.0. The van der Waals surface area contributed by atoms with Crippen LogP contribution in [0.4, 0.5) is 0 Å². The summed E-state index contributed by atoms with van der Waals surface area (Å²) in [6.07, 6.45) is 27.8. The van der Waals surface area contributed by atoms with Crippen LogP contribution in [0.3, 0.4) is 0 Å². The molecule has 0 bridgehead atoms. The summed E-state index contributed by atoms with van der Waals surface area (Å²) in [5, 5.41) is 13.2. The predicted octanol–water partition coefficient (Wildman–Crippen LogP) is 7.49. The lowest BCUT2D eigenvalue weighted by Crippen LogP contribution is -2.45. The number of aliphatic hydroxyl groups excluding tert-OH is 1. The van der Waals surface area contributed by atoms with Crippen molar-refractivity contribution in [1.29, 1.82) is 0 Å². The Hall–Kier alpha value is -0.720. The molecule has 0 rings (SSSR count). The second-order valence-electron chi connectivity index (χ2n) is 10.8. The van der Waals surface area contributed by atoms with Crippen LogP contribution >= 0.6 is 7.82 Å². The summed E-state index contributed by atoms with van der Waals surface area (Å²) < 4.78 is 15.5. The number of carbonyl (C=O) groups is 1. The number of hydrogen-bond acceptors (Lipinski definition) is 5. The maximum Gasteiger partial charge on any atom is 0.265 e. The Morgan fingerprint density at radius 3 is 1.66 bits per heavy atom. The minimum absolute atomic E-state index is 0.252. The summed E-state index contributed by atoms with van der Waals surface area (Å²) in [6, 6.07) is -0.941. The van der Waals surface area contributed by atoms with E-state index in [1.165, 1.54) is 96.3 Å². The largest absolute Gasteiger partial charge is 0.756 e. The maximum atomic E-state index is 12.4. The summed E-state index contributed by atoms with van der Waals surface area (Å²) in [6.45, 7) is 3.94. The Morgan fingerprint density at radius 2 is 1.21 bits per heavy atom. The normalized spacial score (nSPS) is 15.0. The number of hydrogen-bond donors (Lipinski definition) is 3. The number of nitrogens with one attached hydrogen (secondary N) is 1. The van der Waals surface area contributed by atoms with Crippen molar-refractivity contribution in [1.82, 2.24) is 5.32 Å². The van der Waals surface area contributed by atoms with Crippen LogP contribution in [0.5, 0.6) is 0 Å². The third-order valence-corrected chi connectivity index (χ3v) is 7.47. The average Bonchev–Trinajstić information content (AvgIpc) is 2.87. The number of carbonyl (C=O) groups excluding carboxylic acids is 1. The molecule has 0 aliphatic carbocycles. The topological polar surface area (TPSA) is 119 Å². The van der Waals surface area contributed by atoms with E-state index in [1.54, 1.807) is 6.08 Å². The molecule has 0 heterocycles. The SMILES string of the molecule is CCCCCCCCCCCCC/C=C/[C@@H](O)[C@H](COP(=O)([O-])O)NC(=O)CCCCCCCCCCC. The molecule has 3 atom stereocenters. The zero-order valence-electron chi connectivity index (χ0n) is 24.5. The standard InChI is InChI=1S/C30H60NO6P/c1-3-5-7-9-11-13-14-15-16-18-19-21-23-25-29(32)28(27-37-38(34,35)36)31-30(33)26-24-22-20-17-12-10-8-6-4-2/h23,25,28-29,32H,3-22,24,26-27H2,1-2H3,(H,31,33)(H2,34,35,36)/p-1/b25-23+/t28-,29+/m0/s1. The highest BCUT2D eigenvalue weighted by molar-refractivity contribution is 7.44. The van der Waals surface area contributed by atoms with Crippen molar-refractivity contribution in [3.8, 4) is 0 Å². The van der Waals surface area contributed by atoms with E-state index in [9.17, 15) is 19.4 Å². The minimum atomic E-state index is -4.94. The van der Waals surface area contributed by atoms with Gasteiger partial charge >= 0.3 is 0 Å². The summed E-state index contributed by atoms with van der Waals surface area (Å²) in [4.78, 5) is 32.3. The Labute approximate surface area is 233 Å². The van der Waals surface area contributed by atoms with Crippen LogP contribution in [-0.4, -0.2) is 34.7 Å². The molecular formula is C30H59NO6P-. The number of phosphoric ester groups is 1. The lowest BCUT2D eigenvalue weighted by molar-refractivity contribution is -0.220. The molecule has 0 fully saturated rings. The molecule has 0 aromatic heterocycles. The number of rotatable bonds is 28. The van der Waals surface area contributed by atoms with Gasteiger partial charge in [-0.15, -0.1) is 0 Å². The second kappa shape index (κ2) is 26.5. The van der Waals surface area contributed by atoms with E-state index in [0.717, 1.165) is 38.5 Å². The van der Waals surface area contributed by atoms with E-state index in [4.69, 9.17) is 4.89 Å². The monoisotopic (exact) mass is 560 g/mol. The van der Waals surface area contributed by atoms with E-state index in [0.29, 0.717) is 6.42 Å². The highest BCUT2D eigenvalue weighted by Gasteiger charge is 2.21. The Morgan fingerprint density at radius 1 is 0.789 bits per heavy atom. The third kappa shape index (κ3) is 26.9. The Balaban J connectivity index is 4.15. The van der Waals surface area contributed by atoms with Gasteiger partial charge < -0.3 is 24.7 Å². The first kappa shape index (κ1) is 37.3. The Bertz CT molecular complexity index is 610. The molecule has 7 nitrogen and oxygen atoms in total. The third-order valence-electron chi connectivity index (χ3n) is 6.99. The van der Waals surface area contributed by atoms with Gasteiger partial charge in [0, 0.05) is 6.42 Å². The molecule has 0 aromatic rings. The van der Waals surface area contributed by atoms with E-state index >= 15 is 0 Å². The van der Waals surface area contributed by atoms with Crippen molar-refractivity contribution < 1.29 is 28.8 Å². The first-order valence-corrected chi connectivity index (χ1v) is 17.1. The quantitative estimate of drug-likeness (QED) is 0.0518. The molecule has 0 aliphatic heterocycles. The molecule has 1 amide bonds. The molecule has 0 saturated heterocycles. The smallest absolute Gasteiger partial charge is 0.265 e. The predicted molar refractivity (Wildman–Crippen MR) is 156 cm³/mol. The number of allylic oxidation sites excluding steroid dienone is 1. The molecule has 0 saturated carbocycles. The van der Waals surface area contributed by atoms with Gasteiger partial charge in [-0.05, 0) is 19.3 Å². The fraction of sp³-hybridized carbons (Fsp3) is 0.900. The first-order valence-electron chi connectivity index (χ1n) is 15.6. The molecule has 3 N–H and O–H groups in total. The van der Waals surface area contributed by atoms with E-state index in [2.05, 4.69) is 23.7 Å². The number of amides is 1. The van der Waals surface area contributed by atoms with Crippen LogP contribution < -0.4 is 10.2 Å². The van der Waals surface area contributed by atoms with Crippen molar-refractivity contribution in [2.24, 2.45) is 0 Å². The molecule has 0 radical (unpaired) electrons. The van der Waals surface area contributed by atoms with Gasteiger partial charge in [0.15, 0.2) is 0 Å². The molecule has 1 unspecified atom stereocenters. The maximum absolute atomic E-state index is 12.4. The zero-order chi connectivity index (χ0) is 28.3. The van der Waals surface area contributed by atoms with E-state index in [-0.39, 0.29) is 5.91 Å². The fourth-order valence-electron chi connectivity index (χ4n) is 4.57. The molecule has 0 aliphatic rings. The lowest BCUT2D eigenvalue weighted by atomic mass is 10.0. The van der Waals surface area contributed by atoms with Gasteiger partial charge in [0.05, 0.1) is 18.8 Å². The summed E-state index contributed by atoms with van der Waals surface area (Å²) in [5.74, 6) is -0.252. The molecule has 8 heteroatoms. The van der Waals surface area contributed by atoms with Crippen molar-refractivity contribution in [2.45, 2.75) is 167 Å². The second-order valence-corrected chi connectivity index (χ2v) is 12.0. The van der Waals surface area contributed by atoms with E-state index in [1.807, 2.05) is 6.08 Å². The molecule has 38 heavy (non-hydrogen) atoms. The van der Waals surface area contributed by atoms with Gasteiger partial charge in [-0.25, -0.2) is 0 Å². The van der Waals surface area contributed by atoms with Crippen LogP contribution in [0.15, 0.2) is 12.2 Å². The van der Waals surface area contributed by atoms with Crippen LogP contribution in [0.25, 0.3) is 0 Å². The van der Waals surface area contributed by atoms with Gasteiger partial charge in [0.1, 0.15) is 0 Å². The fourth-order valence-corrected chi connectivity index (χ4v) is 4.92. The van der Waals surface area contributed by atoms with Gasteiger partial charge in [0.2, 0.25) is 5.91 Å². The van der Waals surface area contributed by atoms with Gasteiger partial charge in [0.25, 0.3) is 7.82 Å². The number of unbranched alkanes of at least 4 members (excludes halogenated alkanes) is 19. The summed E-state index contributed by atoms with van der Waals surface area (Å²) in [5.41, 5.74) is 0. The average molecular weight is 561 g/mol. The lowest BCUT2D eigenvalue weighted by Gasteiger charge is -2.25. The van der Waals surface area contributed by atoms with Crippen LogP contribution in [-0.2, 0) is 13.9 Å². The molecule has 0 spiro atoms. The van der Waals surface area contributed by atoms with Crippen molar-refractivity contribution in [2.75, 3.05) is 6.61 Å². The first-order chi connectivity index (χ1) is 18.3. The zero-order valence-corrected chi connectivity index (χ0v) is 25.4. The van der Waals surface area contributed by atoms with Crippen LogP contribution in [0.1, 0.15) is 155 Å². The van der Waals surface area contributed by atoms with Crippen molar-refractivity contribution in [3.05, 3.63) is 12.2 Å². The summed E-state index contributed by atoms with van der Waals surface area (Å²) >= 11 is 0. The minimum Gasteiger partial charge on any atom is -0.756 e. The van der Waals surface area contributed by atoms with Gasteiger partial charge in [-0.2, -0.15) is 0 Å². The summed E-state index contributed by atoms with van der Waals surface area (Å²) in [7, 11) is -4.94. The van der Waals surface area contributed by atoms with Crippen molar-refractivity contribution >= 4 is 13.7 Å². The van der Waals surface area contributed by atoms with Gasteiger partial charge in [-0.3, -0.25) is 9.36 Å². The highest BCUT2D eigenvalue weighted by Crippen LogP contribution is 2.30. The van der Waals surface area contributed by atoms with Crippen molar-refractivity contribution in [3.63, 3.8) is 0 Å². The molecule has 226 valence electrons. The number of phosphoric acid groups is 1. The number of aliphatic hydroxyl groups is 1. The molecule has 0 aromatic carbocycles. The van der Waals surface area contributed by atoms with Crippen LogP contribution in [0, 0.1) is 0 Å². The van der Waals surface area contributed by atoms with Crippen LogP contribution in [0.2, 0.25) is 0 Å². The highest BCUT2D eigenvalue weighted by atomic mass is 31.2. The molecular weight excluding hydrogens is 501 g/mol. The van der Waals surface area contributed by atoms with Gasteiger partial charge in [-0.1, -0.05) is 142 Å². The van der Waals surface area contributed by atoms with E-state index < -0.39 is 26.6 Å².